The maximum atomic E-state index is 5.17. The zero-order chi connectivity index (χ0) is 34.6. The molecule has 2 N–H and O–H groups in total. The molecule has 48 heavy (non-hydrogen) atoms. The van der Waals surface area contributed by atoms with Crippen molar-refractivity contribution in [2.45, 2.75) is 109 Å². The Morgan fingerprint density at radius 1 is 0.458 bits per heavy atom. The molecule has 12 heteroatoms. The van der Waals surface area contributed by atoms with Crippen LogP contribution in [0.1, 0.15) is 117 Å². The molecular formula is C36H46N12. The lowest BCUT2D eigenvalue weighted by molar-refractivity contribution is 0.284. The molecule has 0 radical (unpaired) electrons. The molecule has 0 saturated heterocycles. The number of fused-ring (bicyclic) bond motifs is 11. The molecule has 0 amide bonds. The molecule has 7 rings (SSSR count). The van der Waals surface area contributed by atoms with E-state index in [0.29, 0.717) is 57.8 Å². The van der Waals surface area contributed by atoms with Crippen LogP contribution in [0.15, 0.2) is 30.0 Å². The van der Waals surface area contributed by atoms with Gasteiger partial charge in [-0.1, -0.05) is 83.1 Å². The average Bonchev–Trinajstić information content (AvgIpc) is 3.65. The first-order valence-corrected chi connectivity index (χ1v) is 17.2. The number of nitrogens with one attached hydrogen (secondary N) is 2. The van der Waals surface area contributed by atoms with Crippen molar-refractivity contribution >= 4 is 46.6 Å². The van der Waals surface area contributed by atoms with Crippen molar-refractivity contribution in [2.24, 2.45) is 51.6 Å². The van der Waals surface area contributed by atoms with Crippen LogP contribution in [-0.2, 0) is 25.7 Å². The van der Waals surface area contributed by atoms with Gasteiger partial charge in [-0.3, -0.25) is 0 Å². The van der Waals surface area contributed by atoms with E-state index >= 15 is 0 Å². The normalized spacial score (nSPS) is 21.2. The highest BCUT2D eigenvalue weighted by Gasteiger charge is 2.55. The third kappa shape index (κ3) is 4.33. The number of hydrogen-bond acceptors (Lipinski definition) is 11. The Bertz CT molecular complexity index is 2040. The number of H-pyrrole nitrogens is 1. The third-order valence-electron chi connectivity index (χ3n) is 11.5. The predicted molar refractivity (Wildman–Crippen MR) is 193 cm³/mol. The molecule has 1 aromatic rings. The molecule has 0 unspecified atom stereocenters. The summed E-state index contributed by atoms with van der Waals surface area (Å²) in [4.78, 5) is 54.6. The number of aromatic nitrogens is 5. The van der Waals surface area contributed by atoms with Crippen molar-refractivity contribution in [2.75, 3.05) is 0 Å². The first-order valence-electron chi connectivity index (χ1n) is 17.2. The maximum Gasteiger partial charge on any atom is 0.184 e. The minimum absolute atomic E-state index is 0.400. The van der Waals surface area contributed by atoms with E-state index in [1.807, 2.05) is 0 Å². The van der Waals surface area contributed by atoms with E-state index in [1.165, 1.54) is 0 Å². The van der Waals surface area contributed by atoms with Gasteiger partial charge in [0, 0.05) is 27.4 Å². The van der Waals surface area contributed by atoms with Gasteiger partial charge in [-0.2, -0.15) is 0 Å². The van der Waals surface area contributed by atoms with Crippen LogP contribution in [0.3, 0.4) is 0 Å². The summed E-state index contributed by atoms with van der Waals surface area (Å²) in [6.45, 7) is 25.9. The third-order valence-corrected chi connectivity index (χ3v) is 11.5. The number of rotatable bonds is 4. The largest absolute Gasteiger partial charge is 0.352 e. The van der Waals surface area contributed by atoms with Crippen LogP contribution in [0.2, 0.25) is 0 Å². The molecule has 12 nitrogen and oxygen atoms in total. The number of aliphatic imine (C=N–C) groups is 6. The fourth-order valence-electron chi connectivity index (χ4n) is 6.59. The molecule has 0 aliphatic carbocycles. The molecule has 0 atom stereocenters. The minimum atomic E-state index is -0.446. The van der Waals surface area contributed by atoms with Gasteiger partial charge in [-0.25, -0.2) is 49.9 Å². The predicted octanol–water partition coefficient (Wildman–Crippen LogP) is 6.75. The van der Waals surface area contributed by atoms with Gasteiger partial charge in [-0.05, 0) is 25.7 Å². The smallest absolute Gasteiger partial charge is 0.184 e. The van der Waals surface area contributed by atoms with Gasteiger partial charge in [0.2, 0.25) is 0 Å². The zero-order valence-electron chi connectivity index (χ0n) is 30.3. The molecule has 0 aromatic carbocycles. The second kappa shape index (κ2) is 10.5. The van der Waals surface area contributed by atoms with Crippen LogP contribution in [0.4, 0.5) is 11.6 Å². The van der Waals surface area contributed by atoms with Crippen LogP contribution in [0, 0.1) is 21.7 Å². The average molecular weight is 647 g/mol. The molecular weight excluding hydrogens is 600 g/mol. The van der Waals surface area contributed by atoms with Crippen molar-refractivity contribution in [3.63, 3.8) is 0 Å². The van der Waals surface area contributed by atoms with Gasteiger partial charge in [0.1, 0.15) is 46.1 Å². The second-order valence-corrected chi connectivity index (χ2v) is 15.2. The van der Waals surface area contributed by atoms with Crippen molar-refractivity contribution in [3.8, 4) is 11.4 Å². The Kier molecular flexibility index (Phi) is 7.02. The molecule has 0 fully saturated rings. The van der Waals surface area contributed by atoms with E-state index in [-0.39, 0.29) is 0 Å². The van der Waals surface area contributed by atoms with Gasteiger partial charge >= 0.3 is 0 Å². The van der Waals surface area contributed by atoms with E-state index in [1.54, 1.807) is 0 Å². The Morgan fingerprint density at radius 3 is 1.48 bits per heavy atom. The van der Waals surface area contributed by atoms with Gasteiger partial charge < -0.3 is 10.3 Å². The standard InChI is InChI=1S/C36H46N12/c1-13-17-19(15-3)39-23-21(37-17)25-41-26-22-24(40-20(16-4)18(14-2)38-22)28(43-26)45-30-34(7,8)36(11,12)32(47-30)48-31-35(9,10)33(5,6)29(46-31)44-27(23)42-25/h37H,13-16H2,1-12H3,(H,41,42,43,44,45,46,47,48). The van der Waals surface area contributed by atoms with Crippen LogP contribution in [0.5, 0.6) is 0 Å². The fraction of sp³-hybridized carbons (Fsp3) is 0.556. The molecule has 8 bridgehead atoms. The Hall–Kier alpha value is -4.48. The van der Waals surface area contributed by atoms with Crippen molar-refractivity contribution in [3.05, 3.63) is 34.2 Å². The van der Waals surface area contributed by atoms with Crippen molar-refractivity contribution in [1.29, 1.82) is 0 Å². The molecule has 6 aliphatic rings. The second-order valence-electron chi connectivity index (χ2n) is 15.2. The summed E-state index contributed by atoms with van der Waals surface area (Å²) < 4.78 is 0. The first kappa shape index (κ1) is 32.1. The summed E-state index contributed by atoms with van der Waals surface area (Å²) in [6.07, 6.45) is 3.06. The number of amidine groups is 6. The SMILES string of the molecule is CCc1nc2c(nc1CC)C1=Nc3nc(c4nc(CC)c(CC)[nH]c3-4)N=C3N=C(NC4=NC(=NC2=N1)C(C)(C)C4(C)C)C(C)(C)C3(C)C. The topological polar surface area (TPSA) is 154 Å². The summed E-state index contributed by atoms with van der Waals surface area (Å²) in [5.74, 6) is 4.70. The van der Waals surface area contributed by atoms with E-state index in [4.69, 9.17) is 49.9 Å². The van der Waals surface area contributed by atoms with Crippen LogP contribution >= 0.6 is 0 Å². The Labute approximate surface area is 282 Å². The molecule has 0 saturated carbocycles. The summed E-state index contributed by atoms with van der Waals surface area (Å²) in [5, 5.41) is 3.68. The highest BCUT2D eigenvalue weighted by molar-refractivity contribution is 6.26. The van der Waals surface area contributed by atoms with Gasteiger partial charge in [0.25, 0.3) is 0 Å². The summed E-state index contributed by atoms with van der Waals surface area (Å²) in [5.41, 5.74) is 4.74. The number of hydrogen-bond donors (Lipinski definition) is 2. The van der Waals surface area contributed by atoms with Crippen LogP contribution in [-0.4, -0.2) is 59.9 Å². The highest BCUT2D eigenvalue weighted by atomic mass is 15.2. The first-order chi connectivity index (χ1) is 22.6. The quantitative estimate of drug-likeness (QED) is 0.321. The molecule has 1 aromatic heterocycles. The van der Waals surface area contributed by atoms with Gasteiger partial charge in [0.05, 0.1) is 17.1 Å². The number of aromatic amines is 1. The van der Waals surface area contributed by atoms with Gasteiger partial charge in [-0.15, -0.1) is 0 Å². The number of aryl methyl sites for hydroxylation is 4. The van der Waals surface area contributed by atoms with E-state index in [9.17, 15) is 0 Å². The summed E-state index contributed by atoms with van der Waals surface area (Å²) >= 11 is 0. The zero-order valence-corrected chi connectivity index (χ0v) is 30.3. The minimum Gasteiger partial charge on any atom is -0.352 e. The summed E-state index contributed by atoms with van der Waals surface area (Å²) in [7, 11) is 0. The molecule has 6 aliphatic heterocycles. The highest BCUT2D eigenvalue weighted by Crippen LogP contribution is 2.50. The Morgan fingerprint density at radius 2 is 0.958 bits per heavy atom. The number of nitrogens with zero attached hydrogens (tertiary/aromatic N) is 10. The van der Waals surface area contributed by atoms with Crippen LogP contribution < -0.4 is 5.32 Å². The van der Waals surface area contributed by atoms with Crippen molar-refractivity contribution < 1.29 is 0 Å². The lowest BCUT2D eigenvalue weighted by Crippen LogP contribution is -2.50. The van der Waals surface area contributed by atoms with Crippen LogP contribution in [0.25, 0.3) is 11.4 Å². The summed E-state index contributed by atoms with van der Waals surface area (Å²) in [6, 6.07) is 0. The molecule has 0 spiro atoms. The lowest BCUT2D eigenvalue weighted by Gasteiger charge is -2.38. The Balaban J connectivity index is 1.58. The maximum absolute atomic E-state index is 5.17. The molecule has 7 heterocycles. The van der Waals surface area contributed by atoms with Gasteiger partial charge in [0.15, 0.2) is 23.3 Å². The van der Waals surface area contributed by atoms with E-state index < -0.39 is 21.7 Å². The van der Waals surface area contributed by atoms with Crippen molar-refractivity contribution in [1.82, 2.24) is 30.2 Å². The lowest BCUT2D eigenvalue weighted by atomic mass is 9.67. The van der Waals surface area contributed by atoms with E-state index in [2.05, 4.69) is 93.4 Å². The van der Waals surface area contributed by atoms with E-state index in [0.717, 1.165) is 60.1 Å². The monoisotopic (exact) mass is 646 g/mol. The fourth-order valence-corrected chi connectivity index (χ4v) is 6.59. The molecule has 250 valence electrons.